The minimum Gasteiger partial charge on any atom is -0.335 e. The molecule has 1 aromatic rings. The van der Waals surface area contributed by atoms with Gasteiger partial charge in [0.05, 0.1) is 5.69 Å². The van der Waals surface area contributed by atoms with Crippen molar-refractivity contribution >= 4 is 27.6 Å². The van der Waals surface area contributed by atoms with Crippen molar-refractivity contribution < 1.29 is 13.2 Å². The molecule has 0 atom stereocenters. The molecule has 0 bridgehead atoms. The molecule has 1 saturated carbocycles. The zero-order chi connectivity index (χ0) is 13.9. The maximum Gasteiger partial charge on any atom is 0.319 e. The molecular weight excluding hydrogens is 268 g/mol. The largest absolute Gasteiger partial charge is 0.335 e. The molecule has 19 heavy (non-hydrogen) atoms. The standard InChI is InChI=1S/C11H16N4O3S/c12-19(17,18)15-10-6-2-5-9(7-10)14-11(16)13-8-3-1-4-8/h2,5-8,15H,1,3-4H2,(H2,12,17,18)(H2,13,14,16). The molecule has 0 aliphatic heterocycles. The van der Waals surface area contributed by atoms with Gasteiger partial charge < -0.3 is 10.6 Å². The zero-order valence-corrected chi connectivity index (χ0v) is 11.0. The molecule has 0 spiro atoms. The van der Waals surface area contributed by atoms with Crippen LogP contribution in [0.1, 0.15) is 19.3 Å². The Bertz CT molecular complexity index is 569. The lowest BCUT2D eigenvalue weighted by atomic mass is 9.93. The highest BCUT2D eigenvalue weighted by Crippen LogP contribution is 2.19. The Labute approximate surface area is 111 Å². The molecule has 5 N–H and O–H groups in total. The summed E-state index contributed by atoms with van der Waals surface area (Å²) in [5.74, 6) is 0. The Morgan fingerprint density at radius 2 is 1.95 bits per heavy atom. The SMILES string of the molecule is NS(=O)(=O)Nc1cccc(NC(=O)NC2CCC2)c1. The van der Waals surface area contributed by atoms with Crippen LogP contribution in [0, 0.1) is 0 Å². The first-order chi connectivity index (χ1) is 8.92. The van der Waals surface area contributed by atoms with Gasteiger partial charge in [-0.05, 0) is 37.5 Å². The number of urea groups is 1. The van der Waals surface area contributed by atoms with Crippen molar-refractivity contribution in [3.05, 3.63) is 24.3 Å². The third-order valence-electron chi connectivity index (χ3n) is 2.82. The summed E-state index contributed by atoms with van der Waals surface area (Å²) in [7, 11) is -3.81. The lowest BCUT2D eigenvalue weighted by Gasteiger charge is -2.26. The van der Waals surface area contributed by atoms with Gasteiger partial charge in [-0.3, -0.25) is 4.72 Å². The Morgan fingerprint density at radius 1 is 1.26 bits per heavy atom. The van der Waals surface area contributed by atoms with Gasteiger partial charge >= 0.3 is 6.03 Å². The molecule has 2 amide bonds. The van der Waals surface area contributed by atoms with Gasteiger partial charge in [-0.2, -0.15) is 8.42 Å². The summed E-state index contributed by atoms with van der Waals surface area (Å²) >= 11 is 0. The topological polar surface area (TPSA) is 113 Å². The van der Waals surface area contributed by atoms with Crippen molar-refractivity contribution in [2.45, 2.75) is 25.3 Å². The van der Waals surface area contributed by atoms with Gasteiger partial charge in [-0.1, -0.05) is 6.07 Å². The fraction of sp³-hybridized carbons (Fsp3) is 0.364. The summed E-state index contributed by atoms with van der Waals surface area (Å²) in [5.41, 5.74) is 0.786. The summed E-state index contributed by atoms with van der Waals surface area (Å²) in [5, 5.41) is 10.3. The first kappa shape index (κ1) is 13.6. The summed E-state index contributed by atoms with van der Waals surface area (Å²) < 4.78 is 23.9. The molecule has 1 fully saturated rings. The highest BCUT2D eigenvalue weighted by molar-refractivity contribution is 7.90. The third kappa shape index (κ3) is 4.42. The van der Waals surface area contributed by atoms with Gasteiger partial charge in [0.2, 0.25) is 0 Å². The molecule has 0 aromatic heterocycles. The first-order valence-corrected chi connectivity index (χ1v) is 7.45. The van der Waals surface area contributed by atoms with E-state index < -0.39 is 10.2 Å². The third-order valence-corrected chi connectivity index (χ3v) is 3.34. The van der Waals surface area contributed by atoms with Crippen LogP contribution in [-0.2, 0) is 10.2 Å². The molecule has 1 aliphatic rings. The number of nitrogens with two attached hydrogens (primary N) is 1. The molecule has 1 aliphatic carbocycles. The van der Waals surface area contributed by atoms with Crippen molar-refractivity contribution in [3.63, 3.8) is 0 Å². The van der Waals surface area contributed by atoms with Gasteiger partial charge in [-0.25, -0.2) is 9.93 Å². The zero-order valence-electron chi connectivity index (χ0n) is 10.2. The van der Waals surface area contributed by atoms with E-state index in [4.69, 9.17) is 5.14 Å². The molecule has 1 aromatic carbocycles. The van der Waals surface area contributed by atoms with Gasteiger partial charge in [0.15, 0.2) is 0 Å². The lowest BCUT2D eigenvalue weighted by Crippen LogP contribution is -2.41. The lowest BCUT2D eigenvalue weighted by molar-refractivity contribution is 0.240. The second-order valence-electron chi connectivity index (χ2n) is 4.45. The maximum absolute atomic E-state index is 11.6. The van der Waals surface area contributed by atoms with E-state index in [1.807, 2.05) is 0 Å². The molecule has 0 saturated heterocycles. The highest BCUT2D eigenvalue weighted by atomic mass is 32.2. The van der Waals surface area contributed by atoms with Crippen LogP contribution in [0.15, 0.2) is 24.3 Å². The molecule has 104 valence electrons. The van der Waals surface area contributed by atoms with E-state index in [0.717, 1.165) is 19.3 Å². The molecule has 7 nitrogen and oxygen atoms in total. The van der Waals surface area contributed by atoms with E-state index in [9.17, 15) is 13.2 Å². The Kier molecular flexibility index (Phi) is 3.91. The molecule has 2 rings (SSSR count). The second kappa shape index (κ2) is 5.45. The Balaban J connectivity index is 1.96. The summed E-state index contributed by atoms with van der Waals surface area (Å²) in [6.45, 7) is 0. The van der Waals surface area contributed by atoms with Gasteiger partial charge in [0, 0.05) is 11.7 Å². The normalized spacial score (nSPS) is 15.4. The van der Waals surface area contributed by atoms with Crippen LogP contribution >= 0.6 is 0 Å². The van der Waals surface area contributed by atoms with Crippen LogP contribution in [-0.4, -0.2) is 20.5 Å². The fourth-order valence-electron chi connectivity index (χ4n) is 1.73. The van der Waals surface area contributed by atoms with Crippen LogP contribution in [0.2, 0.25) is 0 Å². The average Bonchev–Trinajstić information content (AvgIpc) is 2.21. The Morgan fingerprint density at radius 3 is 2.53 bits per heavy atom. The van der Waals surface area contributed by atoms with Crippen LogP contribution < -0.4 is 20.5 Å². The number of nitrogens with one attached hydrogen (secondary N) is 3. The van der Waals surface area contributed by atoms with Crippen molar-refractivity contribution in [3.8, 4) is 0 Å². The van der Waals surface area contributed by atoms with Crippen molar-refractivity contribution in [1.29, 1.82) is 0 Å². The van der Waals surface area contributed by atoms with E-state index in [1.54, 1.807) is 18.2 Å². The van der Waals surface area contributed by atoms with E-state index in [0.29, 0.717) is 11.4 Å². The van der Waals surface area contributed by atoms with E-state index in [1.165, 1.54) is 6.07 Å². The number of hydrogen-bond acceptors (Lipinski definition) is 3. The van der Waals surface area contributed by atoms with Crippen LogP contribution in [0.5, 0.6) is 0 Å². The predicted octanol–water partition coefficient (Wildman–Crippen LogP) is 0.976. The van der Waals surface area contributed by atoms with Gasteiger partial charge in [0.25, 0.3) is 10.2 Å². The molecule has 0 radical (unpaired) electrons. The number of carbonyl (C=O) groups is 1. The monoisotopic (exact) mass is 284 g/mol. The number of benzene rings is 1. The molecule has 0 heterocycles. The first-order valence-electron chi connectivity index (χ1n) is 5.90. The number of carbonyl (C=O) groups excluding carboxylic acids is 1. The molecule has 8 heteroatoms. The van der Waals surface area contributed by atoms with Gasteiger partial charge in [-0.15, -0.1) is 0 Å². The average molecular weight is 284 g/mol. The minimum atomic E-state index is -3.81. The van der Waals surface area contributed by atoms with Crippen molar-refractivity contribution in [2.75, 3.05) is 10.0 Å². The summed E-state index contributed by atoms with van der Waals surface area (Å²) in [4.78, 5) is 11.6. The fourth-order valence-corrected chi connectivity index (χ4v) is 2.19. The minimum absolute atomic E-state index is 0.241. The molecular formula is C11H16N4O3S. The van der Waals surface area contributed by atoms with E-state index in [-0.39, 0.29) is 12.1 Å². The van der Waals surface area contributed by atoms with Crippen LogP contribution in [0.25, 0.3) is 0 Å². The van der Waals surface area contributed by atoms with Crippen molar-refractivity contribution in [2.24, 2.45) is 5.14 Å². The number of anilines is 2. The number of amides is 2. The quantitative estimate of drug-likeness (QED) is 0.660. The van der Waals surface area contributed by atoms with E-state index in [2.05, 4.69) is 15.4 Å². The highest BCUT2D eigenvalue weighted by Gasteiger charge is 2.19. The van der Waals surface area contributed by atoms with E-state index >= 15 is 0 Å². The Hall–Kier alpha value is -1.80. The maximum atomic E-state index is 11.6. The number of rotatable bonds is 4. The van der Waals surface area contributed by atoms with Crippen molar-refractivity contribution in [1.82, 2.24) is 5.32 Å². The second-order valence-corrected chi connectivity index (χ2v) is 5.75. The number of hydrogen-bond donors (Lipinski definition) is 4. The molecule has 0 unspecified atom stereocenters. The smallest absolute Gasteiger partial charge is 0.319 e. The summed E-state index contributed by atoms with van der Waals surface area (Å²) in [6.07, 6.45) is 3.14. The van der Waals surface area contributed by atoms with Crippen LogP contribution in [0.4, 0.5) is 16.2 Å². The van der Waals surface area contributed by atoms with Gasteiger partial charge in [0.1, 0.15) is 0 Å². The summed E-state index contributed by atoms with van der Waals surface area (Å²) in [6, 6.07) is 6.26. The van der Waals surface area contributed by atoms with Crippen LogP contribution in [0.3, 0.4) is 0 Å². The predicted molar refractivity (Wildman–Crippen MR) is 73.0 cm³/mol.